The van der Waals surface area contributed by atoms with Gasteiger partial charge in [0, 0.05) is 11.4 Å². The maximum Gasteiger partial charge on any atom is 0.265 e. The third-order valence-electron chi connectivity index (χ3n) is 3.51. The minimum atomic E-state index is -0.270. The predicted molar refractivity (Wildman–Crippen MR) is 104 cm³/mol. The molecule has 3 aromatic rings. The van der Waals surface area contributed by atoms with Gasteiger partial charge in [-0.2, -0.15) is 0 Å². The van der Waals surface area contributed by atoms with Gasteiger partial charge in [-0.3, -0.25) is 9.59 Å². The number of anilines is 2. The van der Waals surface area contributed by atoms with Crippen molar-refractivity contribution in [2.24, 2.45) is 0 Å². The van der Waals surface area contributed by atoms with Gasteiger partial charge < -0.3 is 15.4 Å². The highest BCUT2D eigenvalue weighted by molar-refractivity contribution is 7.12. The molecule has 0 aliphatic rings. The smallest absolute Gasteiger partial charge is 0.265 e. The van der Waals surface area contributed by atoms with Gasteiger partial charge in [-0.25, -0.2) is 0 Å². The Morgan fingerprint density at radius 1 is 0.962 bits per heavy atom. The fourth-order valence-electron chi connectivity index (χ4n) is 2.33. The van der Waals surface area contributed by atoms with Gasteiger partial charge in [0.1, 0.15) is 5.75 Å². The summed E-state index contributed by atoms with van der Waals surface area (Å²) >= 11 is 1.37. The highest BCUT2D eigenvalue weighted by atomic mass is 32.1. The fraction of sp³-hybridized carbons (Fsp3) is 0.100. The van der Waals surface area contributed by atoms with Gasteiger partial charge in [-0.15, -0.1) is 11.3 Å². The van der Waals surface area contributed by atoms with Crippen LogP contribution in [-0.4, -0.2) is 18.4 Å². The molecule has 0 aliphatic carbocycles. The lowest BCUT2D eigenvalue weighted by Crippen LogP contribution is -2.20. The lowest BCUT2D eigenvalue weighted by Gasteiger charge is -2.10. The number of benzene rings is 2. The monoisotopic (exact) mass is 366 g/mol. The molecule has 0 atom stereocenters. The molecule has 26 heavy (non-hydrogen) atoms. The molecule has 0 saturated carbocycles. The Balaban J connectivity index is 1.56. The van der Waals surface area contributed by atoms with Crippen LogP contribution in [0.5, 0.6) is 5.75 Å². The van der Waals surface area contributed by atoms with E-state index in [2.05, 4.69) is 10.6 Å². The van der Waals surface area contributed by atoms with E-state index in [0.29, 0.717) is 22.0 Å². The standard InChI is InChI=1S/C20H18N2O3S/c1-14-5-2-8-17(11-14)25-13-19(23)21-15-6-3-7-16(12-15)22-20(24)18-9-4-10-26-18/h2-12H,13H2,1H3,(H,21,23)(H,22,24). The first kappa shape index (κ1) is 17.7. The molecule has 2 N–H and O–H groups in total. The first-order valence-electron chi connectivity index (χ1n) is 8.04. The average Bonchev–Trinajstić information content (AvgIpc) is 3.15. The molecule has 1 heterocycles. The molecular formula is C20H18N2O3S. The minimum Gasteiger partial charge on any atom is -0.484 e. The van der Waals surface area contributed by atoms with Crippen molar-refractivity contribution in [2.75, 3.05) is 17.2 Å². The zero-order valence-electron chi connectivity index (χ0n) is 14.2. The summed E-state index contributed by atoms with van der Waals surface area (Å²) in [6.07, 6.45) is 0. The fourth-order valence-corrected chi connectivity index (χ4v) is 2.95. The molecule has 0 radical (unpaired) electrons. The third kappa shape index (κ3) is 4.94. The van der Waals surface area contributed by atoms with Gasteiger partial charge >= 0.3 is 0 Å². The number of carbonyl (C=O) groups is 2. The Morgan fingerprint density at radius 3 is 2.46 bits per heavy atom. The van der Waals surface area contributed by atoms with Crippen molar-refractivity contribution in [1.82, 2.24) is 0 Å². The zero-order chi connectivity index (χ0) is 18.4. The SMILES string of the molecule is Cc1cccc(OCC(=O)Nc2cccc(NC(=O)c3cccs3)c2)c1. The van der Waals surface area contributed by atoms with E-state index < -0.39 is 0 Å². The zero-order valence-corrected chi connectivity index (χ0v) is 15.0. The highest BCUT2D eigenvalue weighted by Crippen LogP contribution is 2.18. The van der Waals surface area contributed by atoms with E-state index in [-0.39, 0.29) is 18.4 Å². The summed E-state index contributed by atoms with van der Waals surface area (Å²) in [5.41, 5.74) is 2.27. The second kappa shape index (κ2) is 8.31. The number of ether oxygens (including phenoxy) is 1. The minimum absolute atomic E-state index is 0.0881. The summed E-state index contributed by atoms with van der Waals surface area (Å²) in [5, 5.41) is 7.42. The van der Waals surface area contributed by atoms with Crippen LogP contribution in [-0.2, 0) is 4.79 Å². The van der Waals surface area contributed by atoms with E-state index >= 15 is 0 Å². The summed E-state index contributed by atoms with van der Waals surface area (Å²) in [7, 11) is 0. The van der Waals surface area contributed by atoms with Crippen LogP contribution < -0.4 is 15.4 Å². The highest BCUT2D eigenvalue weighted by Gasteiger charge is 2.08. The molecule has 2 amide bonds. The second-order valence-electron chi connectivity index (χ2n) is 5.67. The molecule has 1 aromatic heterocycles. The van der Waals surface area contributed by atoms with Gasteiger partial charge in [0.15, 0.2) is 6.61 Å². The van der Waals surface area contributed by atoms with Crippen molar-refractivity contribution < 1.29 is 14.3 Å². The Labute approximate surface area is 155 Å². The lowest BCUT2D eigenvalue weighted by molar-refractivity contribution is -0.118. The van der Waals surface area contributed by atoms with Crippen LogP contribution in [0.1, 0.15) is 15.2 Å². The Morgan fingerprint density at radius 2 is 1.73 bits per heavy atom. The number of aryl methyl sites for hydroxylation is 1. The number of amides is 2. The largest absolute Gasteiger partial charge is 0.484 e. The van der Waals surface area contributed by atoms with E-state index in [1.165, 1.54) is 11.3 Å². The van der Waals surface area contributed by atoms with Gasteiger partial charge in [-0.1, -0.05) is 24.3 Å². The summed E-state index contributed by atoms with van der Waals surface area (Å²) in [6.45, 7) is 1.87. The number of hydrogen-bond acceptors (Lipinski definition) is 4. The number of nitrogens with one attached hydrogen (secondary N) is 2. The molecular weight excluding hydrogens is 348 g/mol. The van der Waals surface area contributed by atoms with Crippen LogP contribution in [0.3, 0.4) is 0 Å². The second-order valence-corrected chi connectivity index (χ2v) is 6.61. The first-order chi connectivity index (χ1) is 12.6. The number of carbonyl (C=O) groups excluding carboxylic acids is 2. The molecule has 6 heteroatoms. The molecule has 0 spiro atoms. The van der Waals surface area contributed by atoms with Crippen LogP contribution in [0.2, 0.25) is 0 Å². The number of rotatable bonds is 6. The quantitative estimate of drug-likeness (QED) is 0.682. The van der Waals surface area contributed by atoms with Crippen LogP contribution in [0.4, 0.5) is 11.4 Å². The molecule has 0 saturated heterocycles. The predicted octanol–water partition coefficient (Wildman–Crippen LogP) is 4.33. The van der Waals surface area contributed by atoms with Gasteiger partial charge in [0.05, 0.1) is 4.88 Å². The molecule has 0 fully saturated rings. The van der Waals surface area contributed by atoms with E-state index in [1.54, 1.807) is 36.4 Å². The topological polar surface area (TPSA) is 67.4 Å². The molecule has 3 rings (SSSR count). The molecule has 0 unspecified atom stereocenters. The maximum atomic E-state index is 12.1. The molecule has 0 aliphatic heterocycles. The maximum absolute atomic E-state index is 12.1. The molecule has 0 bridgehead atoms. The van der Waals surface area contributed by atoms with Gasteiger partial charge in [-0.05, 0) is 54.3 Å². The van der Waals surface area contributed by atoms with Crippen molar-refractivity contribution in [1.29, 1.82) is 0 Å². The van der Waals surface area contributed by atoms with Crippen molar-refractivity contribution in [3.05, 3.63) is 76.5 Å². The third-order valence-corrected chi connectivity index (χ3v) is 4.38. The van der Waals surface area contributed by atoms with Crippen LogP contribution in [0.15, 0.2) is 66.0 Å². The Kier molecular flexibility index (Phi) is 5.66. The van der Waals surface area contributed by atoms with Crippen molar-refractivity contribution in [2.45, 2.75) is 6.92 Å². The molecule has 2 aromatic carbocycles. The summed E-state index contributed by atoms with van der Waals surface area (Å²) < 4.78 is 5.48. The molecule has 5 nitrogen and oxygen atoms in total. The Bertz CT molecular complexity index is 907. The van der Waals surface area contributed by atoms with Crippen LogP contribution in [0.25, 0.3) is 0 Å². The van der Waals surface area contributed by atoms with Crippen LogP contribution >= 0.6 is 11.3 Å². The van der Waals surface area contributed by atoms with E-state index in [4.69, 9.17) is 4.74 Å². The van der Waals surface area contributed by atoms with E-state index in [1.807, 2.05) is 36.6 Å². The van der Waals surface area contributed by atoms with Crippen LogP contribution in [0, 0.1) is 6.92 Å². The van der Waals surface area contributed by atoms with Crippen molar-refractivity contribution in [3.8, 4) is 5.75 Å². The lowest BCUT2D eigenvalue weighted by atomic mass is 10.2. The summed E-state index contributed by atoms with van der Waals surface area (Å²) in [4.78, 5) is 24.8. The van der Waals surface area contributed by atoms with Gasteiger partial charge in [0.2, 0.25) is 0 Å². The molecule has 132 valence electrons. The average molecular weight is 366 g/mol. The van der Waals surface area contributed by atoms with E-state index in [9.17, 15) is 9.59 Å². The Hall–Kier alpha value is -3.12. The summed E-state index contributed by atoms with van der Waals surface area (Å²) in [6, 6.07) is 18.1. The number of thiophene rings is 1. The first-order valence-corrected chi connectivity index (χ1v) is 8.92. The van der Waals surface area contributed by atoms with E-state index in [0.717, 1.165) is 5.56 Å². The van der Waals surface area contributed by atoms with Gasteiger partial charge in [0.25, 0.3) is 11.8 Å². The van der Waals surface area contributed by atoms with Crippen molar-refractivity contribution in [3.63, 3.8) is 0 Å². The normalized spacial score (nSPS) is 10.2. The van der Waals surface area contributed by atoms with Crippen molar-refractivity contribution >= 4 is 34.5 Å². The number of hydrogen-bond donors (Lipinski definition) is 2. The summed E-state index contributed by atoms with van der Waals surface area (Å²) in [5.74, 6) is 0.205.